The number of hydrogen-bond acceptors (Lipinski definition) is 4. The van der Waals surface area contributed by atoms with Crippen molar-refractivity contribution in [2.24, 2.45) is 5.92 Å². The van der Waals surface area contributed by atoms with Gasteiger partial charge in [0.25, 0.3) is 0 Å². The van der Waals surface area contributed by atoms with Gasteiger partial charge in [-0.15, -0.1) is 0 Å². The number of benzene rings is 2. The van der Waals surface area contributed by atoms with Crippen molar-refractivity contribution in [2.45, 2.75) is 17.7 Å². The van der Waals surface area contributed by atoms with Crippen LogP contribution >= 0.6 is 0 Å². The molecule has 2 aromatic rings. The van der Waals surface area contributed by atoms with Crippen LogP contribution in [0.25, 0.3) is 0 Å². The topological polar surface area (TPSA) is 60.4 Å². The normalized spacial score (nSPS) is 12.6. The first-order valence-corrected chi connectivity index (χ1v) is 9.07. The lowest BCUT2D eigenvalue weighted by molar-refractivity contribution is -0.144. The molecule has 1 atom stereocenters. The Morgan fingerprint density at radius 1 is 1.00 bits per heavy atom. The third-order valence-corrected chi connectivity index (χ3v) is 5.51. The maximum absolute atomic E-state index is 12.5. The Morgan fingerprint density at radius 2 is 1.57 bits per heavy atom. The summed E-state index contributed by atoms with van der Waals surface area (Å²) in [5.41, 5.74) is 1.07. The van der Waals surface area contributed by atoms with Crippen LogP contribution < -0.4 is 0 Å². The van der Waals surface area contributed by atoms with Gasteiger partial charge in [0.1, 0.15) is 0 Å². The highest BCUT2D eigenvalue weighted by Crippen LogP contribution is 2.19. The molecule has 0 bridgehead atoms. The number of esters is 1. The first-order chi connectivity index (χ1) is 11.0. The molecule has 0 heterocycles. The zero-order chi connectivity index (χ0) is 16.7. The number of methoxy groups -OCH3 is 1. The summed E-state index contributed by atoms with van der Waals surface area (Å²) in [7, 11) is -2.24. The summed E-state index contributed by atoms with van der Waals surface area (Å²) in [4.78, 5) is 12.2. The summed E-state index contributed by atoms with van der Waals surface area (Å²) >= 11 is 0. The third-order valence-electron chi connectivity index (χ3n) is 3.68. The van der Waals surface area contributed by atoms with Crippen LogP contribution in [0.1, 0.15) is 12.0 Å². The molecule has 0 fully saturated rings. The van der Waals surface area contributed by atoms with E-state index in [0.29, 0.717) is 12.8 Å². The minimum absolute atomic E-state index is 0.230. The van der Waals surface area contributed by atoms with E-state index in [1.807, 2.05) is 30.3 Å². The van der Waals surface area contributed by atoms with Gasteiger partial charge in [-0.05, 0) is 30.5 Å². The third kappa shape index (κ3) is 4.93. The highest BCUT2D eigenvalue weighted by Gasteiger charge is 2.27. The average molecular weight is 332 g/mol. The standard InChI is InChI=1S/C18H20O4S/c1-22-18(19)16(13-12-15-8-4-2-5-9-15)14-23(20,21)17-10-6-3-7-11-17/h2-11,16H,12-14H2,1H3. The van der Waals surface area contributed by atoms with Gasteiger partial charge in [0.15, 0.2) is 9.84 Å². The Balaban J connectivity index is 2.11. The van der Waals surface area contributed by atoms with Crippen molar-refractivity contribution in [3.63, 3.8) is 0 Å². The summed E-state index contributed by atoms with van der Waals surface area (Å²) < 4.78 is 29.7. The molecule has 0 radical (unpaired) electrons. The molecule has 1 unspecified atom stereocenters. The molecular formula is C18H20O4S. The molecule has 2 rings (SSSR count). The van der Waals surface area contributed by atoms with Crippen LogP contribution in [0.3, 0.4) is 0 Å². The Bertz CT molecular complexity index is 724. The van der Waals surface area contributed by atoms with E-state index in [9.17, 15) is 13.2 Å². The Morgan fingerprint density at radius 3 is 2.13 bits per heavy atom. The van der Waals surface area contributed by atoms with Gasteiger partial charge in [-0.3, -0.25) is 4.79 Å². The molecule has 0 aliphatic carbocycles. The second-order valence-electron chi connectivity index (χ2n) is 5.34. The molecule has 0 aliphatic rings. The first-order valence-electron chi connectivity index (χ1n) is 7.42. The second-order valence-corrected chi connectivity index (χ2v) is 7.37. The van der Waals surface area contributed by atoms with Crippen LogP contribution in [-0.4, -0.2) is 27.2 Å². The molecule has 23 heavy (non-hydrogen) atoms. The van der Waals surface area contributed by atoms with E-state index in [4.69, 9.17) is 4.74 Å². The molecule has 0 aromatic heterocycles. The summed E-state index contributed by atoms with van der Waals surface area (Å²) in [5, 5.41) is 0. The fourth-order valence-corrected chi connectivity index (χ4v) is 4.01. The van der Waals surface area contributed by atoms with E-state index < -0.39 is 21.7 Å². The number of aryl methyl sites for hydroxylation is 1. The smallest absolute Gasteiger partial charge is 0.309 e. The van der Waals surface area contributed by atoms with Gasteiger partial charge in [-0.25, -0.2) is 8.42 Å². The maximum Gasteiger partial charge on any atom is 0.309 e. The number of hydrogen-bond donors (Lipinski definition) is 0. The largest absolute Gasteiger partial charge is 0.469 e. The minimum atomic E-state index is -3.52. The zero-order valence-corrected chi connectivity index (χ0v) is 13.8. The maximum atomic E-state index is 12.5. The van der Waals surface area contributed by atoms with Crippen LogP contribution in [0.4, 0.5) is 0 Å². The summed E-state index contributed by atoms with van der Waals surface area (Å²) in [5.74, 6) is -1.40. The molecule has 4 nitrogen and oxygen atoms in total. The molecule has 0 N–H and O–H groups in total. The molecule has 5 heteroatoms. The predicted molar refractivity (Wildman–Crippen MR) is 88.8 cm³/mol. The SMILES string of the molecule is COC(=O)C(CCc1ccccc1)CS(=O)(=O)c1ccccc1. The Kier molecular flexibility index (Phi) is 5.93. The lowest BCUT2D eigenvalue weighted by Crippen LogP contribution is -2.26. The van der Waals surface area contributed by atoms with Crippen molar-refractivity contribution in [3.05, 3.63) is 66.2 Å². The quantitative estimate of drug-likeness (QED) is 0.732. The summed E-state index contributed by atoms with van der Waals surface area (Å²) in [6, 6.07) is 17.9. The van der Waals surface area contributed by atoms with Crippen LogP contribution in [0.2, 0.25) is 0 Å². The van der Waals surface area contributed by atoms with Crippen molar-refractivity contribution >= 4 is 15.8 Å². The van der Waals surface area contributed by atoms with Crippen LogP contribution in [0, 0.1) is 5.92 Å². The fraction of sp³-hybridized carbons (Fsp3) is 0.278. The Hall–Kier alpha value is -2.14. The molecular weight excluding hydrogens is 312 g/mol. The van der Waals surface area contributed by atoms with Gasteiger partial charge in [0, 0.05) is 0 Å². The second kappa shape index (κ2) is 7.92. The van der Waals surface area contributed by atoms with Crippen molar-refractivity contribution in [1.82, 2.24) is 0 Å². The molecule has 122 valence electrons. The van der Waals surface area contributed by atoms with Crippen molar-refractivity contribution in [1.29, 1.82) is 0 Å². The molecule has 0 amide bonds. The van der Waals surface area contributed by atoms with Gasteiger partial charge in [-0.1, -0.05) is 48.5 Å². The number of ether oxygens (including phenoxy) is 1. The molecule has 0 saturated heterocycles. The van der Waals surface area contributed by atoms with Crippen LogP contribution in [0.15, 0.2) is 65.6 Å². The lowest BCUT2D eigenvalue weighted by Gasteiger charge is -2.15. The predicted octanol–water partition coefficient (Wildman–Crippen LogP) is 2.88. The van der Waals surface area contributed by atoms with Crippen molar-refractivity contribution < 1.29 is 17.9 Å². The van der Waals surface area contributed by atoms with E-state index >= 15 is 0 Å². The summed E-state index contributed by atoms with van der Waals surface area (Å²) in [6.07, 6.45) is 1.06. The van der Waals surface area contributed by atoms with Gasteiger partial charge < -0.3 is 4.74 Å². The fourth-order valence-electron chi connectivity index (χ4n) is 2.41. The Labute approximate surface area is 137 Å². The van der Waals surface area contributed by atoms with E-state index in [-0.39, 0.29) is 10.6 Å². The molecule has 2 aromatic carbocycles. The minimum Gasteiger partial charge on any atom is -0.469 e. The highest BCUT2D eigenvalue weighted by molar-refractivity contribution is 7.91. The monoisotopic (exact) mass is 332 g/mol. The average Bonchev–Trinajstić information content (AvgIpc) is 2.59. The molecule has 0 aliphatic heterocycles. The van der Waals surface area contributed by atoms with Crippen molar-refractivity contribution in [2.75, 3.05) is 12.9 Å². The van der Waals surface area contributed by atoms with E-state index in [0.717, 1.165) is 5.56 Å². The van der Waals surface area contributed by atoms with Gasteiger partial charge >= 0.3 is 5.97 Å². The summed E-state index contributed by atoms with van der Waals surface area (Å²) in [6.45, 7) is 0. The first kappa shape index (κ1) is 17.2. The number of carbonyl (C=O) groups excluding carboxylic acids is 1. The van der Waals surface area contributed by atoms with E-state index in [1.54, 1.807) is 30.3 Å². The highest BCUT2D eigenvalue weighted by atomic mass is 32.2. The van der Waals surface area contributed by atoms with Gasteiger partial charge in [0.2, 0.25) is 0 Å². The number of sulfone groups is 1. The van der Waals surface area contributed by atoms with Gasteiger partial charge in [-0.2, -0.15) is 0 Å². The number of carbonyl (C=O) groups is 1. The zero-order valence-electron chi connectivity index (χ0n) is 13.0. The lowest BCUT2D eigenvalue weighted by atomic mass is 10.0. The van der Waals surface area contributed by atoms with Crippen LogP contribution in [0.5, 0.6) is 0 Å². The van der Waals surface area contributed by atoms with E-state index in [2.05, 4.69) is 0 Å². The van der Waals surface area contributed by atoms with Gasteiger partial charge in [0.05, 0.1) is 23.7 Å². The van der Waals surface area contributed by atoms with Crippen LogP contribution in [-0.2, 0) is 25.8 Å². The molecule has 0 spiro atoms. The molecule has 0 saturated carbocycles. The number of rotatable bonds is 7. The van der Waals surface area contributed by atoms with Crippen molar-refractivity contribution in [3.8, 4) is 0 Å². The van der Waals surface area contributed by atoms with E-state index in [1.165, 1.54) is 7.11 Å².